The summed E-state index contributed by atoms with van der Waals surface area (Å²) in [5, 5.41) is 0. The Bertz CT molecular complexity index is 15.5. The summed E-state index contributed by atoms with van der Waals surface area (Å²) in [6.45, 7) is 0. The van der Waals surface area contributed by atoms with E-state index in [1.54, 1.807) is 0 Å². The van der Waals surface area contributed by atoms with Gasteiger partial charge in [0.25, 0.3) is 0 Å². The van der Waals surface area contributed by atoms with Crippen LogP contribution in [-0.4, -0.2) is 40.4 Å². The van der Waals surface area contributed by atoms with E-state index in [1.807, 2.05) is 0 Å². The first-order valence-corrected chi connectivity index (χ1v) is 0. The molecule has 0 fully saturated rings. The average Bonchev–Trinajstić information content (AvgIpc) is 0. The van der Waals surface area contributed by atoms with Crippen molar-refractivity contribution in [1.82, 2.24) is 0 Å². The van der Waals surface area contributed by atoms with E-state index in [0.717, 1.165) is 0 Å². The van der Waals surface area contributed by atoms with Crippen molar-refractivity contribution < 1.29 is 92.4 Å². The first-order valence-electron chi connectivity index (χ1n) is 0. The van der Waals surface area contributed by atoms with Crippen molar-refractivity contribution in [1.29, 1.82) is 0 Å². The summed E-state index contributed by atoms with van der Waals surface area (Å²) in [6.07, 6.45) is 0. The van der Waals surface area contributed by atoms with Crippen molar-refractivity contribution in [3.8, 4) is 0 Å². The Labute approximate surface area is 130 Å². The van der Waals surface area contributed by atoms with Gasteiger partial charge in [-0.2, -0.15) is 0 Å². The smallest absolute Gasteiger partial charge is 0 e. The average molecular weight is 374 g/mol. The van der Waals surface area contributed by atoms with Gasteiger partial charge in [-0.15, -0.1) is 0 Å². The van der Waals surface area contributed by atoms with Crippen molar-refractivity contribution in [2.75, 3.05) is 0 Å². The second-order valence-corrected chi connectivity index (χ2v) is 0. The maximum Gasteiger partial charge on any atom is 0.316 e. The molecule has 6 heavy (non-hydrogen) atoms. The molecule has 0 aromatic rings. The van der Waals surface area contributed by atoms with E-state index in [2.05, 4.69) is 0 Å². The minimum absolute atomic E-state index is 0. The van der Waals surface area contributed by atoms with Crippen LogP contribution in [0.4, 0.5) is 0 Å². The number of hydrogen-bond donors (Lipinski definition) is 0. The van der Waals surface area contributed by atoms with Crippen LogP contribution in [0, 0.1) is 41.7 Å². The molecule has 2 radical (unpaired) electrons. The third-order valence-electron chi connectivity index (χ3n) is 0. The van der Waals surface area contributed by atoms with Crippen molar-refractivity contribution in [3.05, 3.63) is 0 Å². The fourth-order valence-corrected chi connectivity index (χ4v) is 0. The summed E-state index contributed by atoms with van der Waals surface area (Å²) in [5.41, 5.74) is 0. The van der Waals surface area contributed by atoms with Gasteiger partial charge in [-0.05, 0) is 0 Å². The standard InChI is InChI=1S/Al.Ce.Cu.Mg.Mn.Ni.5H. The van der Waals surface area contributed by atoms with Gasteiger partial charge in [0, 0.05) is 92.4 Å². The molecule has 0 heterocycles. The Morgan fingerprint density at radius 1 is 1.00 bits per heavy atom. The molecule has 0 aromatic heterocycles. The van der Waals surface area contributed by atoms with Crippen LogP contribution < -0.4 is 0 Å². The molecule has 0 aliphatic rings. The minimum Gasteiger partial charge on any atom is 0 e. The Morgan fingerprint density at radius 2 is 1.00 bits per heavy atom. The van der Waals surface area contributed by atoms with Gasteiger partial charge in [-0.3, -0.25) is 0 Å². The SMILES string of the molecule is [AlH3].[Ce].[Cu].[MgH2].[Mn].[Ni]. The van der Waals surface area contributed by atoms with Gasteiger partial charge in [-0.25, -0.2) is 0 Å². The molecule has 0 aromatic carbocycles. The van der Waals surface area contributed by atoms with Crippen LogP contribution in [0.5, 0.6) is 0 Å². The van der Waals surface area contributed by atoms with E-state index in [4.69, 9.17) is 0 Å². The predicted octanol–water partition coefficient (Wildman–Crippen LogP) is -2.11. The van der Waals surface area contributed by atoms with Gasteiger partial charge in [0.05, 0.1) is 0 Å². The summed E-state index contributed by atoms with van der Waals surface area (Å²) < 4.78 is 0. The third-order valence-corrected chi connectivity index (χ3v) is 0. The van der Waals surface area contributed by atoms with E-state index in [-0.39, 0.29) is 133 Å². The molecular weight excluding hydrogens is 369 g/mol. The second-order valence-electron chi connectivity index (χ2n) is 0. The largest absolute Gasteiger partial charge is 0.316 e. The first kappa shape index (κ1) is 48.9. The molecule has 0 bridgehead atoms. The summed E-state index contributed by atoms with van der Waals surface area (Å²) >= 11 is 0. The fourth-order valence-electron chi connectivity index (χ4n) is 0. The van der Waals surface area contributed by atoms with Crippen molar-refractivity contribution in [3.63, 3.8) is 0 Å². The Hall–Kier alpha value is 4.21. The van der Waals surface area contributed by atoms with Crippen LogP contribution in [0.3, 0.4) is 0 Å². The van der Waals surface area contributed by atoms with Crippen LogP contribution in [0.1, 0.15) is 0 Å². The molecule has 0 spiro atoms. The molecule has 0 amide bonds. The number of hydrogen-bond acceptors (Lipinski definition) is 0. The first-order chi connectivity index (χ1) is 0. The molecular formula is H5AlCeCuMgMnNi. The van der Waals surface area contributed by atoms with Gasteiger partial charge < -0.3 is 0 Å². The maximum atomic E-state index is 0. The molecule has 0 nitrogen and oxygen atoms in total. The van der Waals surface area contributed by atoms with Gasteiger partial charge in [0.15, 0.2) is 17.4 Å². The van der Waals surface area contributed by atoms with E-state index in [1.165, 1.54) is 0 Å². The molecule has 0 aliphatic heterocycles. The molecule has 0 aliphatic carbocycles. The third kappa shape index (κ3) is 24.1. The fraction of sp³-hybridized carbons (Fsp3) is 0. The Balaban J connectivity index is 0. The maximum absolute atomic E-state index is 0. The summed E-state index contributed by atoms with van der Waals surface area (Å²) in [4.78, 5) is 0. The van der Waals surface area contributed by atoms with Crippen LogP contribution in [0.2, 0.25) is 0 Å². The van der Waals surface area contributed by atoms with Crippen LogP contribution in [-0.2, 0) is 50.6 Å². The van der Waals surface area contributed by atoms with E-state index < -0.39 is 0 Å². The predicted molar refractivity (Wildman–Crippen MR) is 18.5 cm³/mol. The van der Waals surface area contributed by atoms with Crippen LogP contribution in [0.15, 0.2) is 0 Å². The molecule has 0 rings (SSSR count). The van der Waals surface area contributed by atoms with Gasteiger partial charge in [0.1, 0.15) is 0 Å². The number of rotatable bonds is 0. The normalized spacial score (nSPS) is 0. The zero-order valence-corrected chi connectivity index (χ0v) is 7.75. The molecule has 42 valence electrons. The zero-order chi connectivity index (χ0) is 0. The van der Waals surface area contributed by atoms with E-state index in [0.29, 0.717) is 0 Å². The van der Waals surface area contributed by atoms with Gasteiger partial charge in [0.2, 0.25) is 0 Å². The monoisotopic (exact) mass is 372 g/mol. The van der Waals surface area contributed by atoms with Crippen LogP contribution in [0.25, 0.3) is 0 Å². The van der Waals surface area contributed by atoms with Gasteiger partial charge in [-0.1, -0.05) is 0 Å². The Kier molecular flexibility index (Phi) is 285. The van der Waals surface area contributed by atoms with Crippen molar-refractivity contribution in [2.45, 2.75) is 0 Å². The molecule has 0 N–H and O–H groups in total. The summed E-state index contributed by atoms with van der Waals surface area (Å²) in [5.74, 6) is 0. The summed E-state index contributed by atoms with van der Waals surface area (Å²) in [6, 6.07) is 0. The van der Waals surface area contributed by atoms with E-state index in [9.17, 15) is 0 Å². The molecule has 6 heteroatoms. The molecule has 0 saturated carbocycles. The Morgan fingerprint density at radius 3 is 1.00 bits per heavy atom. The molecule has 0 atom stereocenters. The van der Waals surface area contributed by atoms with Crippen LogP contribution >= 0.6 is 0 Å². The molecule has 0 saturated heterocycles. The topological polar surface area (TPSA) is 0 Å². The minimum atomic E-state index is 0. The van der Waals surface area contributed by atoms with Crippen molar-refractivity contribution >= 4 is 40.4 Å². The summed E-state index contributed by atoms with van der Waals surface area (Å²) in [7, 11) is 0. The van der Waals surface area contributed by atoms with Crippen molar-refractivity contribution in [2.24, 2.45) is 0 Å². The second kappa shape index (κ2) is 35.0. The quantitative estimate of drug-likeness (QED) is 0.427. The van der Waals surface area contributed by atoms with E-state index >= 15 is 0 Å². The molecule has 0 unspecified atom stereocenters. The zero-order valence-electron chi connectivity index (χ0n) is 1.50. The van der Waals surface area contributed by atoms with Gasteiger partial charge >= 0.3 is 23.1 Å².